The maximum Gasteiger partial charge on any atom is 0.406 e. The summed E-state index contributed by atoms with van der Waals surface area (Å²) in [5.41, 5.74) is -2.66. The number of hydrogen-bond donors (Lipinski definition) is 2. The fourth-order valence-electron chi connectivity index (χ4n) is 2.66. The minimum atomic E-state index is -4.95. The van der Waals surface area contributed by atoms with Crippen molar-refractivity contribution in [3.63, 3.8) is 0 Å². The summed E-state index contributed by atoms with van der Waals surface area (Å²) in [6.07, 6.45) is -4.21. The Balaban J connectivity index is 1.81. The van der Waals surface area contributed by atoms with Gasteiger partial charge < -0.3 is 14.4 Å². The number of furan rings is 1. The molecule has 0 spiro atoms. The molecule has 2 aromatic rings. The van der Waals surface area contributed by atoms with Crippen molar-refractivity contribution >= 4 is 11.9 Å². The molecule has 128 valence electrons. The summed E-state index contributed by atoms with van der Waals surface area (Å²) in [6.45, 7) is -1.25. The van der Waals surface area contributed by atoms with Crippen LogP contribution in [0.5, 0.6) is 0 Å². The first-order valence-corrected chi connectivity index (χ1v) is 6.93. The summed E-state index contributed by atoms with van der Waals surface area (Å²) in [6, 6.07) is 4.59. The summed E-state index contributed by atoms with van der Waals surface area (Å²) < 4.78 is 44.6. The molecule has 3 rings (SSSR count). The molecule has 3 heterocycles. The molecule has 0 aliphatic carbocycles. The number of halogens is 3. The molecule has 1 amide bonds. The van der Waals surface area contributed by atoms with Crippen LogP contribution in [0.1, 0.15) is 16.9 Å². The van der Waals surface area contributed by atoms with Crippen molar-refractivity contribution in [2.24, 2.45) is 5.41 Å². The van der Waals surface area contributed by atoms with Crippen molar-refractivity contribution in [3.05, 3.63) is 30.2 Å². The topological polar surface area (TPSA) is 99.4 Å². The Morgan fingerprint density at radius 2 is 2.17 bits per heavy atom. The van der Waals surface area contributed by atoms with E-state index in [1.165, 1.54) is 12.3 Å². The van der Waals surface area contributed by atoms with Gasteiger partial charge in [-0.2, -0.15) is 18.3 Å². The number of carboxylic acids is 1. The van der Waals surface area contributed by atoms with Gasteiger partial charge in [0.1, 0.15) is 5.69 Å². The van der Waals surface area contributed by atoms with E-state index >= 15 is 0 Å². The van der Waals surface area contributed by atoms with Gasteiger partial charge in [0.2, 0.25) is 0 Å². The maximum atomic E-state index is 13.1. The number of H-pyrrole nitrogens is 1. The number of amides is 1. The lowest BCUT2D eigenvalue weighted by Gasteiger charge is -2.27. The van der Waals surface area contributed by atoms with Gasteiger partial charge in [-0.15, -0.1) is 0 Å². The molecular formula is C14H12F3N3O4. The number of carbonyl (C=O) groups excluding carboxylic acids is 1. The van der Waals surface area contributed by atoms with Gasteiger partial charge in [-0.3, -0.25) is 14.7 Å². The van der Waals surface area contributed by atoms with Crippen LogP contribution in [-0.2, 0) is 4.79 Å². The number of rotatable bonds is 3. The lowest BCUT2D eigenvalue weighted by atomic mass is 9.86. The van der Waals surface area contributed by atoms with Crippen molar-refractivity contribution in [3.8, 4) is 11.5 Å². The normalized spacial score (nSPS) is 21.2. The van der Waals surface area contributed by atoms with Gasteiger partial charge >= 0.3 is 12.1 Å². The first-order chi connectivity index (χ1) is 11.2. The Morgan fingerprint density at radius 1 is 1.42 bits per heavy atom. The van der Waals surface area contributed by atoms with E-state index in [0.29, 0.717) is 11.5 Å². The smallest absolute Gasteiger partial charge is 0.406 e. The number of carbonyl (C=O) groups is 2. The van der Waals surface area contributed by atoms with Crippen LogP contribution >= 0.6 is 0 Å². The van der Waals surface area contributed by atoms with Crippen LogP contribution in [0.25, 0.3) is 11.5 Å². The molecule has 1 fully saturated rings. The van der Waals surface area contributed by atoms with Gasteiger partial charge in [0.25, 0.3) is 5.91 Å². The average molecular weight is 343 g/mol. The summed E-state index contributed by atoms with van der Waals surface area (Å²) >= 11 is 0. The number of carboxylic acid groups (broad SMARTS) is 1. The molecule has 1 atom stereocenters. The van der Waals surface area contributed by atoms with Gasteiger partial charge in [0.15, 0.2) is 16.9 Å². The minimum Gasteiger partial charge on any atom is -0.481 e. The molecule has 10 heteroatoms. The Labute approximate surface area is 133 Å². The molecule has 0 bridgehead atoms. The fourth-order valence-corrected chi connectivity index (χ4v) is 2.66. The van der Waals surface area contributed by atoms with Crippen molar-refractivity contribution in [2.45, 2.75) is 12.6 Å². The number of aliphatic carboxylic acids is 1. The van der Waals surface area contributed by atoms with Gasteiger partial charge in [-0.05, 0) is 18.6 Å². The standard InChI is InChI=1S/C14H12F3N3O4/c15-14(16,17)13(12(22)23)3-4-20(7-13)11(21)9-6-8(18-19-9)10-2-1-5-24-10/h1-2,5-6H,3-4,7H2,(H,18,19)(H,22,23). The zero-order chi connectivity index (χ0) is 17.5. The highest BCUT2D eigenvalue weighted by atomic mass is 19.4. The molecule has 0 aromatic carbocycles. The lowest BCUT2D eigenvalue weighted by molar-refractivity contribution is -0.227. The number of alkyl halides is 3. The highest BCUT2D eigenvalue weighted by molar-refractivity contribution is 5.94. The highest BCUT2D eigenvalue weighted by Crippen LogP contribution is 2.46. The molecular weight excluding hydrogens is 331 g/mol. The third-order valence-corrected chi connectivity index (χ3v) is 4.09. The number of aromatic amines is 1. The van der Waals surface area contributed by atoms with Crippen LogP contribution in [0.2, 0.25) is 0 Å². The summed E-state index contributed by atoms with van der Waals surface area (Å²) in [5, 5.41) is 15.3. The Bertz CT molecular complexity index is 769. The predicted octanol–water partition coefficient (Wildman–Crippen LogP) is 2.15. The Hall–Kier alpha value is -2.78. The summed E-state index contributed by atoms with van der Waals surface area (Å²) in [5.74, 6) is -2.34. The second-order valence-corrected chi connectivity index (χ2v) is 5.51. The Morgan fingerprint density at radius 3 is 2.71 bits per heavy atom. The third kappa shape index (κ3) is 2.43. The van der Waals surface area contributed by atoms with Gasteiger partial charge in [-0.1, -0.05) is 0 Å². The fraction of sp³-hybridized carbons (Fsp3) is 0.357. The van der Waals surface area contributed by atoms with Gasteiger partial charge in [0, 0.05) is 19.2 Å². The summed E-state index contributed by atoms with van der Waals surface area (Å²) in [4.78, 5) is 24.3. The van der Waals surface area contributed by atoms with Crippen molar-refractivity contribution < 1.29 is 32.3 Å². The molecule has 2 N–H and O–H groups in total. The third-order valence-electron chi connectivity index (χ3n) is 4.09. The van der Waals surface area contributed by atoms with E-state index in [4.69, 9.17) is 9.52 Å². The molecule has 1 aliphatic rings. The van der Waals surface area contributed by atoms with E-state index in [1.807, 2.05) is 0 Å². The number of hydrogen-bond acceptors (Lipinski definition) is 4. The molecule has 0 saturated carbocycles. The number of nitrogens with one attached hydrogen (secondary N) is 1. The monoisotopic (exact) mass is 343 g/mol. The second-order valence-electron chi connectivity index (χ2n) is 5.51. The van der Waals surface area contributed by atoms with Gasteiger partial charge in [0.05, 0.1) is 6.26 Å². The van der Waals surface area contributed by atoms with E-state index in [1.54, 1.807) is 12.1 Å². The van der Waals surface area contributed by atoms with Crippen LogP contribution in [0, 0.1) is 5.41 Å². The molecule has 1 unspecified atom stereocenters. The van der Waals surface area contributed by atoms with E-state index < -0.39 is 36.4 Å². The second kappa shape index (κ2) is 5.39. The first kappa shape index (κ1) is 16.1. The minimum absolute atomic E-state index is 0.107. The number of likely N-dealkylation sites (tertiary alicyclic amines) is 1. The maximum absolute atomic E-state index is 13.1. The zero-order valence-corrected chi connectivity index (χ0v) is 12.1. The molecule has 24 heavy (non-hydrogen) atoms. The van der Waals surface area contributed by atoms with Crippen molar-refractivity contribution in [1.82, 2.24) is 15.1 Å². The summed E-state index contributed by atoms with van der Waals surface area (Å²) in [7, 11) is 0. The SMILES string of the molecule is O=C(c1cc(-c2ccco2)[nH]n1)N1CCC(C(=O)O)(C(F)(F)F)C1. The van der Waals surface area contributed by atoms with E-state index in [-0.39, 0.29) is 12.2 Å². The van der Waals surface area contributed by atoms with Gasteiger partial charge in [-0.25, -0.2) is 0 Å². The molecule has 7 nitrogen and oxygen atoms in total. The van der Waals surface area contributed by atoms with Crippen LogP contribution < -0.4 is 0 Å². The molecule has 0 radical (unpaired) electrons. The van der Waals surface area contributed by atoms with Crippen molar-refractivity contribution in [1.29, 1.82) is 0 Å². The van der Waals surface area contributed by atoms with E-state index in [2.05, 4.69) is 10.2 Å². The average Bonchev–Trinajstić information content (AvgIpc) is 3.24. The van der Waals surface area contributed by atoms with E-state index in [9.17, 15) is 22.8 Å². The molecule has 2 aromatic heterocycles. The zero-order valence-electron chi connectivity index (χ0n) is 12.1. The van der Waals surface area contributed by atoms with E-state index in [0.717, 1.165) is 4.90 Å². The quantitative estimate of drug-likeness (QED) is 0.890. The van der Waals surface area contributed by atoms with Crippen LogP contribution in [-0.4, -0.2) is 51.3 Å². The largest absolute Gasteiger partial charge is 0.481 e. The Kier molecular flexibility index (Phi) is 3.61. The predicted molar refractivity (Wildman–Crippen MR) is 72.9 cm³/mol. The number of nitrogens with zero attached hydrogens (tertiary/aromatic N) is 2. The highest BCUT2D eigenvalue weighted by Gasteiger charge is 2.64. The van der Waals surface area contributed by atoms with Crippen molar-refractivity contribution in [2.75, 3.05) is 13.1 Å². The molecule has 1 saturated heterocycles. The van der Waals surface area contributed by atoms with Crippen LogP contribution in [0.15, 0.2) is 28.9 Å². The van der Waals surface area contributed by atoms with Crippen LogP contribution in [0.4, 0.5) is 13.2 Å². The number of aromatic nitrogens is 2. The molecule has 1 aliphatic heterocycles. The first-order valence-electron chi connectivity index (χ1n) is 6.93. The lowest BCUT2D eigenvalue weighted by Crippen LogP contribution is -2.47. The van der Waals surface area contributed by atoms with Crippen LogP contribution in [0.3, 0.4) is 0 Å².